The molecule has 4 N–H and O–H groups in total. The van der Waals surface area contributed by atoms with Crippen molar-refractivity contribution in [2.45, 2.75) is 26.3 Å². The van der Waals surface area contributed by atoms with E-state index in [-0.39, 0.29) is 17.5 Å². The van der Waals surface area contributed by atoms with Crippen LogP contribution in [0, 0.1) is 0 Å². The minimum absolute atomic E-state index is 0.0937. The molecular formula is C9H13N5O. The van der Waals surface area contributed by atoms with Gasteiger partial charge in [-0.15, -0.1) is 0 Å². The fraction of sp³-hybridized carbons (Fsp3) is 0.444. The largest absolute Gasteiger partial charge is 0.369 e. The van der Waals surface area contributed by atoms with Crippen LogP contribution < -0.4 is 16.6 Å². The van der Waals surface area contributed by atoms with Crippen LogP contribution in [-0.4, -0.2) is 21.7 Å². The summed E-state index contributed by atoms with van der Waals surface area (Å²) in [5, 5.41) is 3.10. The first-order valence-corrected chi connectivity index (χ1v) is 4.85. The van der Waals surface area contributed by atoms with Crippen molar-refractivity contribution >= 4 is 23.2 Å². The molecule has 6 heteroatoms. The van der Waals surface area contributed by atoms with Crippen molar-refractivity contribution in [3.63, 3.8) is 0 Å². The molecule has 0 aromatic carbocycles. The normalized spacial score (nSPS) is 19.1. The number of H-pyrrole nitrogens is 1. The highest BCUT2D eigenvalue weighted by Crippen LogP contribution is 2.24. The van der Waals surface area contributed by atoms with E-state index in [9.17, 15) is 4.79 Å². The summed E-state index contributed by atoms with van der Waals surface area (Å²) in [6, 6.07) is 0.0937. The first kappa shape index (κ1) is 9.70. The summed E-state index contributed by atoms with van der Waals surface area (Å²) in [7, 11) is 0. The number of rotatable bonds is 1. The number of hydrogen-bond donors (Lipinski definition) is 3. The van der Waals surface area contributed by atoms with E-state index in [1.807, 2.05) is 13.8 Å². The van der Waals surface area contributed by atoms with Gasteiger partial charge in [-0.1, -0.05) is 6.92 Å². The molecule has 2 rings (SSSR count). The van der Waals surface area contributed by atoms with Crippen molar-refractivity contribution in [1.82, 2.24) is 9.97 Å². The Morgan fingerprint density at radius 1 is 1.53 bits per heavy atom. The highest BCUT2D eigenvalue weighted by atomic mass is 16.1. The molecule has 1 aliphatic heterocycles. The van der Waals surface area contributed by atoms with E-state index in [0.717, 1.165) is 12.1 Å². The third-order valence-electron chi connectivity index (χ3n) is 2.38. The van der Waals surface area contributed by atoms with Crippen molar-refractivity contribution in [2.24, 2.45) is 4.99 Å². The molecule has 0 spiro atoms. The zero-order valence-electron chi connectivity index (χ0n) is 8.66. The van der Waals surface area contributed by atoms with E-state index in [1.165, 1.54) is 0 Å². The topological polar surface area (TPSA) is 96.2 Å². The quantitative estimate of drug-likeness (QED) is 0.629. The van der Waals surface area contributed by atoms with Crippen LogP contribution in [0.25, 0.3) is 0 Å². The lowest BCUT2D eigenvalue weighted by molar-refractivity contribution is 0.953. The van der Waals surface area contributed by atoms with Gasteiger partial charge in [-0.3, -0.25) is 9.78 Å². The molecule has 80 valence electrons. The van der Waals surface area contributed by atoms with Crippen LogP contribution in [0.2, 0.25) is 0 Å². The standard InChI is InChI=1S/C9H13N5O/c1-3-5-4(2)11-7-6(12-5)8(15)14-9(10)13-7/h4H,3H2,1-2H3,(H4,10,11,13,14,15). The summed E-state index contributed by atoms with van der Waals surface area (Å²) in [6.45, 7) is 3.98. The number of nitrogen functional groups attached to an aromatic ring is 1. The van der Waals surface area contributed by atoms with Crippen LogP contribution in [-0.2, 0) is 0 Å². The monoisotopic (exact) mass is 207 g/mol. The Labute approximate surface area is 86.6 Å². The molecule has 1 aromatic rings. The third kappa shape index (κ3) is 1.58. The number of fused-ring (bicyclic) bond motifs is 1. The van der Waals surface area contributed by atoms with Gasteiger partial charge in [-0.2, -0.15) is 4.98 Å². The molecule has 0 saturated carbocycles. The Bertz CT molecular complexity index is 476. The highest BCUT2D eigenvalue weighted by molar-refractivity contribution is 5.96. The molecule has 1 aromatic heterocycles. The first-order chi connectivity index (χ1) is 7.11. The smallest absolute Gasteiger partial charge is 0.280 e. The van der Waals surface area contributed by atoms with Gasteiger partial charge in [0.2, 0.25) is 5.95 Å². The summed E-state index contributed by atoms with van der Waals surface area (Å²) < 4.78 is 0. The first-order valence-electron chi connectivity index (χ1n) is 4.85. The molecule has 0 bridgehead atoms. The third-order valence-corrected chi connectivity index (χ3v) is 2.38. The second kappa shape index (κ2) is 3.38. The predicted octanol–water partition coefficient (Wildman–Crippen LogP) is 0.649. The fourth-order valence-corrected chi connectivity index (χ4v) is 1.60. The van der Waals surface area contributed by atoms with Gasteiger partial charge in [0, 0.05) is 5.71 Å². The van der Waals surface area contributed by atoms with Gasteiger partial charge in [0.25, 0.3) is 5.56 Å². The van der Waals surface area contributed by atoms with Gasteiger partial charge in [0.1, 0.15) is 0 Å². The van der Waals surface area contributed by atoms with Gasteiger partial charge in [-0.05, 0) is 13.3 Å². The second-order valence-corrected chi connectivity index (χ2v) is 3.47. The van der Waals surface area contributed by atoms with Gasteiger partial charge in [0.15, 0.2) is 11.5 Å². The Hall–Kier alpha value is -1.85. The molecule has 0 amide bonds. The Balaban J connectivity index is 2.60. The maximum Gasteiger partial charge on any atom is 0.280 e. The maximum atomic E-state index is 11.5. The van der Waals surface area contributed by atoms with E-state index in [4.69, 9.17) is 5.73 Å². The Morgan fingerprint density at radius 3 is 2.93 bits per heavy atom. The zero-order valence-corrected chi connectivity index (χ0v) is 8.66. The van der Waals surface area contributed by atoms with Gasteiger partial charge < -0.3 is 11.1 Å². The summed E-state index contributed by atoms with van der Waals surface area (Å²) in [5.41, 5.74) is 6.40. The number of hydrogen-bond acceptors (Lipinski definition) is 5. The average Bonchev–Trinajstić information content (AvgIpc) is 2.16. The molecule has 15 heavy (non-hydrogen) atoms. The SMILES string of the molecule is CCC1=Nc2c(nc(N)[nH]c2=O)NC1C. The van der Waals surface area contributed by atoms with Crippen molar-refractivity contribution in [2.75, 3.05) is 11.1 Å². The number of nitrogens with one attached hydrogen (secondary N) is 2. The van der Waals surface area contributed by atoms with Crippen LogP contribution in [0.1, 0.15) is 20.3 Å². The highest BCUT2D eigenvalue weighted by Gasteiger charge is 2.20. The number of aromatic nitrogens is 2. The van der Waals surface area contributed by atoms with Crippen LogP contribution in [0.5, 0.6) is 0 Å². The van der Waals surface area contributed by atoms with E-state index in [0.29, 0.717) is 11.5 Å². The lowest BCUT2D eigenvalue weighted by atomic mass is 10.1. The minimum Gasteiger partial charge on any atom is -0.369 e. The number of aliphatic imine (C=N–C) groups is 1. The number of nitrogens with zero attached hydrogens (tertiary/aromatic N) is 2. The number of anilines is 2. The Kier molecular flexibility index (Phi) is 2.18. The van der Waals surface area contributed by atoms with Crippen molar-refractivity contribution in [1.29, 1.82) is 0 Å². The molecule has 1 aliphatic rings. The zero-order chi connectivity index (χ0) is 11.0. The molecule has 1 unspecified atom stereocenters. The van der Waals surface area contributed by atoms with Crippen LogP contribution in [0.3, 0.4) is 0 Å². The van der Waals surface area contributed by atoms with Crippen molar-refractivity contribution in [3.05, 3.63) is 10.4 Å². The molecule has 0 saturated heterocycles. The molecule has 1 atom stereocenters. The van der Waals surface area contributed by atoms with Crippen molar-refractivity contribution < 1.29 is 0 Å². The lowest BCUT2D eigenvalue weighted by Gasteiger charge is -2.21. The van der Waals surface area contributed by atoms with E-state index >= 15 is 0 Å². The van der Waals surface area contributed by atoms with Gasteiger partial charge in [-0.25, -0.2) is 4.99 Å². The van der Waals surface area contributed by atoms with Crippen molar-refractivity contribution in [3.8, 4) is 0 Å². The van der Waals surface area contributed by atoms with Crippen LogP contribution >= 0.6 is 0 Å². The molecule has 6 nitrogen and oxygen atoms in total. The summed E-state index contributed by atoms with van der Waals surface area (Å²) in [6.07, 6.45) is 0.803. The van der Waals surface area contributed by atoms with E-state index < -0.39 is 0 Å². The molecule has 0 aliphatic carbocycles. The van der Waals surface area contributed by atoms with E-state index in [1.54, 1.807) is 0 Å². The summed E-state index contributed by atoms with van der Waals surface area (Å²) in [5.74, 6) is 0.564. The maximum absolute atomic E-state index is 11.5. The average molecular weight is 207 g/mol. The number of nitrogens with two attached hydrogens (primary N) is 1. The molecular weight excluding hydrogens is 194 g/mol. The second-order valence-electron chi connectivity index (χ2n) is 3.47. The number of aromatic amines is 1. The Morgan fingerprint density at radius 2 is 2.27 bits per heavy atom. The predicted molar refractivity (Wildman–Crippen MR) is 59.7 cm³/mol. The summed E-state index contributed by atoms with van der Waals surface area (Å²) >= 11 is 0. The summed E-state index contributed by atoms with van der Waals surface area (Å²) in [4.78, 5) is 22.2. The molecule has 0 radical (unpaired) electrons. The van der Waals surface area contributed by atoms with E-state index in [2.05, 4.69) is 20.3 Å². The molecule has 2 heterocycles. The fourth-order valence-electron chi connectivity index (χ4n) is 1.60. The van der Waals surface area contributed by atoms with Gasteiger partial charge >= 0.3 is 0 Å². The molecule has 0 fully saturated rings. The van der Waals surface area contributed by atoms with Crippen LogP contribution in [0.4, 0.5) is 17.5 Å². The lowest BCUT2D eigenvalue weighted by Crippen LogP contribution is -2.31. The minimum atomic E-state index is -0.303. The van der Waals surface area contributed by atoms with Crippen LogP contribution in [0.15, 0.2) is 9.79 Å². The van der Waals surface area contributed by atoms with Gasteiger partial charge in [0.05, 0.1) is 6.04 Å².